The van der Waals surface area contributed by atoms with Gasteiger partial charge in [0.25, 0.3) is 0 Å². The molecule has 4 aromatic rings. The van der Waals surface area contributed by atoms with Crippen LogP contribution in [0.15, 0.2) is 84.3 Å². The molecule has 1 atom stereocenters. The number of carbonyl (C=O) groups excluding carboxylic acids is 1. The number of rotatable bonds is 8. The third kappa shape index (κ3) is 5.20. The molecule has 0 saturated heterocycles. The summed E-state index contributed by atoms with van der Waals surface area (Å²) in [7, 11) is 0. The first kappa shape index (κ1) is 22.0. The summed E-state index contributed by atoms with van der Waals surface area (Å²) in [5.41, 5.74) is 2.04. The summed E-state index contributed by atoms with van der Waals surface area (Å²) in [6.07, 6.45) is 3.22. The Balaban J connectivity index is 1.22. The highest BCUT2D eigenvalue weighted by Crippen LogP contribution is 2.30. The molecule has 0 unspecified atom stereocenters. The number of fused-ring (bicyclic) bond motifs is 1. The van der Waals surface area contributed by atoms with Crippen LogP contribution in [0.4, 0.5) is 0 Å². The van der Waals surface area contributed by atoms with E-state index in [1.165, 1.54) is 11.8 Å². The van der Waals surface area contributed by atoms with Crippen LogP contribution in [0.25, 0.3) is 11.4 Å². The van der Waals surface area contributed by atoms with E-state index in [0.29, 0.717) is 30.6 Å². The summed E-state index contributed by atoms with van der Waals surface area (Å²) in [5.74, 6) is 2.27. The van der Waals surface area contributed by atoms with Crippen LogP contribution in [-0.4, -0.2) is 50.7 Å². The molecule has 0 spiro atoms. The van der Waals surface area contributed by atoms with Gasteiger partial charge in [-0.1, -0.05) is 54.2 Å². The fraction of sp³-hybridized carbons (Fsp3) is 0.200. The van der Waals surface area contributed by atoms with E-state index in [1.54, 1.807) is 12.4 Å². The molecule has 0 aliphatic carbocycles. The Hall–Kier alpha value is -3.85. The van der Waals surface area contributed by atoms with Crippen molar-refractivity contribution in [2.24, 2.45) is 0 Å². The SMILES string of the molecule is O=C(CSc1nnc(-c2ccncc2)n1Cc1ccccc1)NC[C@H]1COc2ccccc2O1. The largest absolute Gasteiger partial charge is 0.486 e. The average molecular weight is 474 g/mol. The van der Waals surface area contributed by atoms with Crippen molar-refractivity contribution >= 4 is 17.7 Å². The van der Waals surface area contributed by atoms with Crippen molar-refractivity contribution in [3.63, 3.8) is 0 Å². The zero-order chi connectivity index (χ0) is 23.2. The van der Waals surface area contributed by atoms with Crippen molar-refractivity contribution < 1.29 is 14.3 Å². The Morgan fingerprint density at radius 3 is 2.59 bits per heavy atom. The first-order valence-electron chi connectivity index (χ1n) is 10.9. The van der Waals surface area contributed by atoms with Crippen LogP contribution in [0.3, 0.4) is 0 Å². The summed E-state index contributed by atoms with van der Waals surface area (Å²) < 4.78 is 13.6. The topological polar surface area (TPSA) is 91.2 Å². The highest BCUT2D eigenvalue weighted by molar-refractivity contribution is 7.99. The van der Waals surface area contributed by atoms with Crippen LogP contribution in [0.5, 0.6) is 11.5 Å². The van der Waals surface area contributed by atoms with Gasteiger partial charge in [0, 0.05) is 18.0 Å². The van der Waals surface area contributed by atoms with E-state index in [-0.39, 0.29) is 17.8 Å². The number of aromatic nitrogens is 4. The molecular formula is C25H23N5O3S. The number of para-hydroxylation sites is 2. The molecule has 0 bridgehead atoms. The van der Waals surface area contributed by atoms with Gasteiger partial charge in [-0.2, -0.15) is 0 Å². The standard InChI is InChI=1S/C25H23N5O3S/c31-23(27-14-20-16-32-21-8-4-5-9-22(21)33-20)17-34-25-29-28-24(19-10-12-26-13-11-19)30(25)15-18-6-2-1-3-7-18/h1-13,20H,14-17H2,(H,27,31)/t20-/m0/s1. The van der Waals surface area contributed by atoms with E-state index >= 15 is 0 Å². The van der Waals surface area contributed by atoms with Gasteiger partial charge in [0.2, 0.25) is 5.91 Å². The maximum Gasteiger partial charge on any atom is 0.230 e. The second-order valence-electron chi connectivity index (χ2n) is 7.70. The normalized spacial score (nSPS) is 14.5. The molecule has 8 nitrogen and oxygen atoms in total. The number of hydrogen-bond acceptors (Lipinski definition) is 7. The lowest BCUT2D eigenvalue weighted by atomic mass is 10.2. The number of thioether (sulfide) groups is 1. The summed E-state index contributed by atoms with van der Waals surface area (Å²) in [4.78, 5) is 16.6. The molecule has 172 valence electrons. The predicted octanol–water partition coefficient (Wildman–Crippen LogP) is 3.44. The lowest BCUT2D eigenvalue weighted by Crippen LogP contribution is -2.41. The number of hydrogen-bond donors (Lipinski definition) is 1. The molecule has 0 fully saturated rings. The molecule has 1 N–H and O–H groups in total. The van der Waals surface area contributed by atoms with E-state index in [4.69, 9.17) is 9.47 Å². The predicted molar refractivity (Wildman–Crippen MR) is 129 cm³/mol. The molecule has 34 heavy (non-hydrogen) atoms. The zero-order valence-electron chi connectivity index (χ0n) is 18.3. The summed E-state index contributed by atoms with van der Waals surface area (Å²) >= 11 is 1.35. The second-order valence-corrected chi connectivity index (χ2v) is 8.65. The quantitative estimate of drug-likeness (QED) is 0.392. The summed E-state index contributed by atoms with van der Waals surface area (Å²) in [6, 6.07) is 21.4. The molecule has 3 heterocycles. The van der Waals surface area contributed by atoms with Gasteiger partial charge >= 0.3 is 0 Å². The van der Waals surface area contributed by atoms with E-state index < -0.39 is 0 Å². The first-order chi connectivity index (χ1) is 16.8. The Bertz CT molecular complexity index is 1250. The van der Waals surface area contributed by atoms with Crippen LogP contribution >= 0.6 is 11.8 Å². The van der Waals surface area contributed by atoms with Crippen LogP contribution in [0, 0.1) is 0 Å². The van der Waals surface area contributed by atoms with Gasteiger partial charge in [0.15, 0.2) is 22.5 Å². The fourth-order valence-electron chi connectivity index (χ4n) is 3.59. The number of benzene rings is 2. The Labute approximate surface area is 201 Å². The van der Waals surface area contributed by atoms with E-state index in [0.717, 1.165) is 22.7 Å². The third-order valence-corrected chi connectivity index (χ3v) is 6.23. The van der Waals surface area contributed by atoms with Crippen molar-refractivity contribution in [2.75, 3.05) is 18.9 Å². The monoisotopic (exact) mass is 473 g/mol. The lowest BCUT2D eigenvalue weighted by Gasteiger charge is -2.26. The van der Waals surface area contributed by atoms with Crippen LogP contribution < -0.4 is 14.8 Å². The first-order valence-corrected chi connectivity index (χ1v) is 11.9. The van der Waals surface area contributed by atoms with Gasteiger partial charge in [0.05, 0.1) is 18.8 Å². The lowest BCUT2D eigenvalue weighted by molar-refractivity contribution is -0.119. The molecule has 9 heteroatoms. The van der Waals surface area contributed by atoms with Gasteiger partial charge in [-0.3, -0.25) is 14.3 Å². The van der Waals surface area contributed by atoms with E-state index in [1.807, 2.05) is 59.2 Å². The number of nitrogens with one attached hydrogen (secondary N) is 1. The average Bonchev–Trinajstić information content (AvgIpc) is 3.29. The molecule has 5 rings (SSSR count). The van der Waals surface area contributed by atoms with E-state index in [2.05, 4.69) is 32.6 Å². The number of ether oxygens (including phenoxy) is 2. The van der Waals surface area contributed by atoms with Crippen molar-refractivity contribution in [3.05, 3.63) is 84.7 Å². The van der Waals surface area contributed by atoms with Gasteiger partial charge < -0.3 is 14.8 Å². The molecule has 0 radical (unpaired) electrons. The minimum Gasteiger partial charge on any atom is -0.486 e. The van der Waals surface area contributed by atoms with Crippen LogP contribution in [0.2, 0.25) is 0 Å². The number of nitrogens with zero attached hydrogens (tertiary/aromatic N) is 4. The van der Waals surface area contributed by atoms with Crippen molar-refractivity contribution in [3.8, 4) is 22.9 Å². The minimum absolute atomic E-state index is 0.104. The van der Waals surface area contributed by atoms with Gasteiger partial charge in [0.1, 0.15) is 12.7 Å². The Morgan fingerprint density at radius 2 is 1.76 bits per heavy atom. The van der Waals surface area contributed by atoms with Crippen molar-refractivity contribution in [1.29, 1.82) is 0 Å². The number of amides is 1. The van der Waals surface area contributed by atoms with Crippen LogP contribution in [0.1, 0.15) is 5.56 Å². The maximum atomic E-state index is 12.6. The van der Waals surface area contributed by atoms with Gasteiger partial charge in [-0.05, 0) is 29.8 Å². The number of carbonyl (C=O) groups is 1. The molecule has 1 amide bonds. The highest BCUT2D eigenvalue weighted by Gasteiger charge is 2.21. The molecule has 1 aliphatic heterocycles. The van der Waals surface area contributed by atoms with Crippen molar-refractivity contribution in [2.45, 2.75) is 17.8 Å². The number of pyridine rings is 1. The second kappa shape index (κ2) is 10.4. The molecular weight excluding hydrogens is 450 g/mol. The van der Waals surface area contributed by atoms with Crippen LogP contribution in [-0.2, 0) is 11.3 Å². The highest BCUT2D eigenvalue weighted by atomic mass is 32.2. The van der Waals surface area contributed by atoms with Gasteiger partial charge in [-0.15, -0.1) is 10.2 Å². The summed E-state index contributed by atoms with van der Waals surface area (Å²) in [6.45, 7) is 1.36. The smallest absolute Gasteiger partial charge is 0.230 e. The van der Waals surface area contributed by atoms with Crippen molar-refractivity contribution in [1.82, 2.24) is 25.1 Å². The zero-order valence-corrected chi connectivity index (χ0v) is 19.1. The molecule has 2 aromatic carbocycles. The third-order valence-electron chi connectivity index (χ3n) is 5.27. The maximum absolute atomic E-state index is 12.6. The molecule has 0 saturated carbocycles. The molecule has 1 aliphatic rings. The Morgan fingerprint density at radius 1 is 1.00 bits per heavy atom. The van der Waals surface area contributed by atoms with E-state index in [9.17, 15) is 4.79 Å². The molecule has 2 aromatic heterocycles. The van der Waals surface area contributed by atoms with Gasteiger partial charge in [-0.25, -0.2) is 0 Å². The minimum atomic E-state index is -0.233. The fourth-order valence-corrected chi connectivity index (χ4v) is 4.36. The Kier molecular flexibility index (Phi) is 6.71. The summed E-state index contributed by atoms with van der Waals surface area (Å²) in [5, 5.41) is 12.4.